The number of likely N-dealkylation sites (N-methyl/N-ethyl adjacent to an activating group) is 1. The van der Waals surface area contributed by atoms with Crippen molar-refractivity contribution in [2.75, 3.05) is 14.2 Å². The van der Waals surface area contributed by atoms with Gasteiger partial charge in [0.15, 0.2) is 0 Å². The summed E-state index contributed by atoms with van der Waals surface area (Å²) in [5, 5.41) is 0.939. The maximum absolute atomic E-state index is 12.2. The van der Waals surface area contributed by atoms with E-state index < -0.39 is 0 Å². The molecule has 124 valence electrons. The number of hydrogen-bond acceptors (Lipinski definition) is 5. The van der Waals surface area contributed by atoms with Crippen molar-refractivity contribution in [2.24, 2.45) is 0 Å². The summed E-state index contributed by atoms with van der Waals surface area (Å²) in [5.74, 6) is -0.449. The standard InChI is InChI=1S/C16H13BrN2O3S2/c1-18-15(21)13(24-16(18)23)5-9-7-19(8-14(20)22-2)12-4-3-10(17)6-11(9)12/h3-7H,8H2,1-2H3/b13-5-. The van der Waals surface area contributed by atoms with Crippen LogP contribution in [0.1, 0.15) is 5.56 Å². The normalized spacial score (nSPS) is 16.5. The summed E-state index contributed by atoms with van der Waals surface area (Å²) >= 11 is 9.89. The van der Waals surface area contributed by atoms with E-state index in [9.17, 15) is 9.59 Å². The Morgan fingerprint density at radius 3 is 2.83 bits per heavy atom. The number of ether oxygens (including phenoxy) is 1. The smallest absolute Gasteiger partial charge is 0.325 e. The molecule has 0 bridgehead atoms. The SMILES string of the molecule is COC(=O)Cn1cc(/C=C2\SC(=S)N(C)C2=O)c2cc(Br)ccc21. The van der Waals surface area contributed by atoms with Crippen LogP contribution in [-0.4, -0.2) is 39.8 Å². The first-order chi connectivity index (χ1) is 11.4. The first kappa shape index (κ1) is 17.2. The highest BCUT2D eigenvalue weighted by Crippen LogP contribution is 2.34. The zero-order chi connectivity index (χ0) is 17.4. The molecule has 0 aliphatic carbocycles. The molecule has 1 aliphatic heterocycles. The lowest BCUT2D eigenvalue weighted by Gasteiger charge is -2.03. The van der Waals surface area contributed by atoms with Gasteiger partial charge in [0.1, 0.15) is 10.9 Å². The van der Waals surface area contributed by atoms with Gasteiger partial charge in [-0.1, -0.05) is 39.9 Å². The minimum Gasteiger partial charge on any atom is -0.468 e. The maximum Gasteiger partial charge on any atom is 0.325 e. The summed E-state index contributed by atoms with van der Waals surface area (Å²) in [4.78, 5) is 25.9. The predicted molar refractivity (Wildman–Crippen MR) is 103 cm³/mol. The number of carbonyl (C=O) groups excluding carboxylic acids is 2. The molecule has 5 nitrogen and oxygen atoms in total. The lowest BCUT2D eigenvalue weighted by atomic mass is 10.1. The summed E-state index contributed by atoms with van der Waals surface area (Å²) in [5.41, 5.74) is 1.74. The van der Waals surface area contributed by atoms with Gasteiger partial charge in [0, 0.05) is 34.2 Å². The van der Waals surface area contributed by atoms with Crippen LogP contribution in [0.25, 0.3) is 17.0 Å². The Balaban J connectivity index is 2.11. The third-order valence-electron chi connectivity index (χ3n) is 3.67. The topological polar surface area (TPSA) is 51.5 Å². The fraction of sp³-hybridized carbons (Fsp3) is 0.188. The monoisotopic (exact) mass is 424 g/mol. The van der Waals surface area contributed by atoms with Gasteiger partial charge < -0.3 is 9.30 Å². The number of methoxy groups -OCH3 is 1. The van der Waals surface area contributed by atoms with Gasteiger partial charge in [-0.2, -0.15) is 0 Å². The van der Waals surface area contributed by atoms with Crippen molar-refractivity contribution in [1.29, 1.82) is 0 Å². The Labute approximate surface area is 156 Å². The third kappa shape index (κ3) is 3.13. The van der Waals surface area contributed by atoms with Gasteiger partial charge in [0.25, 0.3) is 5.91 Å². The van der Waals surface area contributed by atoms with Gasteiger partial charge in [0.05, 0.1) is 12.0 Å². The van der Waals surface area contributed by atoms with E-state index in [2.05, 4.69) is 15.9 Å². The number of benzene rings is 1. The van der Waals surface area contributed by atoms with Crippen LogP contribution in [0, 0.1) is 0 Å². The molecule has 1 saturated heterocycles. The molecule has 0 N–H and O–H groups in total. The largest absolute Gasteiger partial charge is 0.468 e. The van der Waals surface area contributed by atoms with Crippen LogP contribution in [0.15, 0.2) is 33.8 Å². The van der Waals surface area contributed by atoms with Gasteiger partial charge in [-0.3, -0.25) is 14.5 Å². The third-order valence-corrected chi connectivity index (χ3v) is 5.65. The highest BCUT2D eigenvalue weighted by molar-refractivity contribution is 9.10. The quantitative estimate of drug-likeness (QED) is 0.429. The van der Waals surface area contributed by atoms with Crippen LogP contribution in [0.4, 0.5) is 0 Å². The number of halogens is 1. The zero-order valence-corrected chi connectivity index (χ0v) is 16.1. The van der Waals surface area contributed by atoms with E-state index in [-0.39, 0.29) is 18.4 Å². The molecule has 2 aromatic rings. The lowest BCUT2D eigenvalue weighted by molar-refractivity contribution is -0.141. The number of thioether (sulfide) groups is 1. The molecule has 1 aromatic carbocycles. The maximum atomic E-state index is 12.2. The Morgan fingerprint density at radius 1 is 1.46 bits per heavy atom. The van der Waals surface area contributed by atoms with Gasteiger partial charge in [-0.15, -0.1) is 0 Å². The van der Waals surface area contributed by atoms with Crippen LogP contribution >= 0.6 is 39.9 Å². The first-order valence-electron chi connectivity index (χ1n) is 6.97. The summed E-state index contributed by atoms with van der Waals surface area (Å²) in [7, 11) is 3.02. The van der Waals surface area contributed by atoms with Crippen LogP contribution in [0.2, 0.25) is 0 Å². The molecule has 2 heterocycles. The van der Waals surface area contributed by atoms with Gasteiger partial charge in [0.2, 0.25) is 0 Å². The molecule has 1 aromatic heterocycles. The highest BCUT2D eigenvalue weighted by atomic mass is 79.9. The molecular formula is C16H13BrN2O3S2. The molecule has 0 atom stereocenters. The zero-order valence-electron chi connectivity index (χ0n) is 12.9. The highest BCUT2D eigenvalue weighted by Gasteiger charge is 2.29. The van der Waals surface area contributed by atoms with Crippen LogP contribution < -0.4 is 0 Å². The first-order valence-corrected chi connectivity index (χ1v) is 8.99. The van der Waals surface area contributed by atoms with Crippen molar-refractivity contribution in [2.45, 2.75) is 6.54 Å². The number of nitrogens with zero attached hydrogens (tertiary/aromatic N) is 2. The molecule has 3 rings (SSSR count). The van der Waals surface area contributed by atoms with E-state index in [0.717, 1.165) is 20.9 Å². The summed E-state index contributed by atoms with van der Waals surface area (Å²) in [6.07, 6.45) is 3.65. The van der Waals surface area contributed by atoms with Crippen LogP contribution in [-0.2, 0) is 20.9 Å². The Bertz CT molecular complexity index is 904. The van der Waals surface area contributed by atoms with E-state index in [1.165, 1.54) is 23.8 Å². The second-order valence-corrected chi connectivity index (χ2v) is 7.78. The van der Waals surface area contributed by atoms with Crippen molar-refractivity contribution >= 4 is 73.1 Å². The van der Waals surface area contributed by atoms with Crippen molar-refractivity contribution in [3.05, 3.63) is 39.3 Å². The summed E-state index contributed by atoms with van der Waals surface area (Å²) < 4.78 is 8.01. The summed E-state index contributed by atoms with van der Waals surface area (Å²) in [6, 6.07) is 5.79. The second-order valence-electron chi connectivity index (χ2n) is 5.19. The van der Waals surface area contributed by atoms with Gasteiger partial charge in [-0.25, -0.2) is 0 Å². The number of rotatable bonds is 3. The molecule has 0 unspecified atom stereocenters. The minimum atomic E-state index is -0.332. The number of thiocarbonyl (C=S) groups is 1. The Hall–Kier alpha value is -1.64. The lowest BCUT2D eigenvalue weighted by Crippen LogP contribution is -2.22. The predicted octanol–water partition coefficient (Wildman–Crippen LogP) is 3.41. The minimum absolute atomic E-state index is 0.108. The van der Waals surface area contributed by atoms with E-state index in [0.29, 0.717) is 9.23 Å². The van der Waals surface area contributed by atoms with E-state index in [4.69, 9.17) is 17.0 Å². The fourth-order valence-electron chi connectivity index (χ4n) is 2.43. The molecule has 0 radical (unpaired) electrons. The van der Waals surface area contributed by atoms with Crippen molar-refractivity contribution in [1.82, 2.24) is 9.47 Å². The molecule has 1 aliphatic rings. The Kier molecular flexibility index (Phi) is 4.80. The summed E-state index contributed by atoms with van der Waals surface area (Å²) in [6.45, 7) is 0.108. The molecule has 24 heavy (non-hydrogen) atoms. The van der Waals surface area contributed by atoms with Crippen molar-refractivity contribution in [3.63, 3.8) is 0 Å². The number of esters is 1. The van der Waals surface area contributed by atoms with E-state index in [1.54, 1.807) is 7.05 Å². The molecule has 1 amide bonds. The number of fused-ring (bicyclic) bond motifs is 1. The molecule has 8 heteroatoms. The number of amides is 1. The van der Waals surface area contributed by atoms with Gasteiger partial charge >= 0.3 is 5.97 Å². The number of carbonyl (C=O) groups is 2. The number of aromatic nitrogens is 1. The fourth-order valence-corrected chi connectivity index (χ4v) is 3.96. The number of hydrogen-bond donors (Lipinski definition) is 0. The molecule has 0 spiro atoms. The van der Waals surface area contributed by atoms with E-state index >= 15 is 0 Å². The van der Waals surface area contributed by atoms with Crippen LogP contribution in [0.5, 0.6) is 0 Å². The average molecular weight is 425 g/mol. The van der Waals surface area contributed by atoms with Crippen LogP contribution in [0.3, 0.4) is 0 Å². The van der Waals surface area contributed by atoms with E-state index in [1.807, 2.05) is 35.0 Å². The van der Waals surface area contributed by atoms with Crippen molar-refractivity contribution in [3.8, 4) is 0 Å². The molecule has 0 saturated carbocycles. The van der Waals surface area contributed by atoms with Gasteiger partial charge in [-0.05, 0) is 24.3 Å². The molecule has 1 fully saturated rings. The Morgan fingerprint density at radius 2 is 2.21 bits per heavy atom. The second kappa shape index (κ2) is 6.70. The van der Waals surface area contributed by atoms with Crippen molar-refractivity contribution < 1.29 is 14.3 Å². The average Bonchev–Trinajstić information content (AvgIpc) is 3.00. The molecular weight excluding hydrogens is 412 g/mol.